The van der Waals surface area contributed by atoms with Crippen LogP contribution in [-0.2, 0) is 4.79 Å². The van der Waals surface area contributed by atoms with Gasteiger partial charge in [-0.3, -0.25) is 9.59 Å². The topological polar surface area (TPSA) is 77.1 Å². The first-order valence-electron chi connectivity index (χ1n) is 8.52. The predicted molar refractivity (Wildman–Crippen MR) is 96.1 cm³/mol. The summed E-state index contributed by atoms with van der Waals surface area (Å²) in [5.41, 5.74) is 0.600. The summed E-state index contributed by atoms with van der Waals surface area (Å²) in [6, 6.07) is 9.43. The van der Waals surface area contributed by atoms with E-state index in [1.807, 2.05) is 0 Å². The molecule has 2 aromatic rings. The van der Waals surface area contributed by atoms with E-state index >= 15 is 0 Å². The molecule has 0 fully saturated rings. The number of hydrogen-bond donors (Lipinski definition) is 1. The van der Waals surface area contributed by atoms with Gasteiger partial charge in [0.05, 0.1) is 6.54 Å². The van der Waals surface area contributed by atoms with Crippen molar-refractivity contribution >= 4 is 17.5 Å². The highest BCUT2D eigenvalue weighted by molar-refractivity contribution is 5.99. The number of anilines is 1. The fraction of sp³-hybridized carbons (Fsp3) is 0.263. The highest BCUT2D eigenvalue weighted by Crippen LogP contribution is 2.31. The van der Waals surface area contributed by atoms with Gasteiger partial charge in [-0.1, -0.05) is 0 Å². The molecule has 1 N–H and O–H groups in total. The third-order valence-electron chi connectivity index (χ3n) is 3.89. The van der Waals surface area contributed by atoms with Crippen molar-refractivity contribution in [2.45, 2.75) is 6.36 Å². The van der Waals surface area contributed by atoms with Crippen LogP contribution in [0.25, 0.3) is 0 Å². The van der Waals surface area contributed by atoms with Crippen molar-refractivity contribution in [2.75, 3.05) is 32.1 Å². The third-order valence-corrected chi connectivity index (χ3v) is 3.89. The lowest BCUT2D eigenvalue weighted by Gasteiger charge is -2.21. The average molecular weight is 410 g/mol. The highest BCUT2D eigenvalue weighted by Gasteiger charge is 2.31. The number of nitrogens with zero attached hydrogens (tertiary/aromatic N) is 1. The molecular formula is C19H17F3N2O5. The summed E-state index contributed by atoms with van der Waals surface area (Å²) in [6.07, 6.45) is -4.79. The summed E-state index contributed by atoms with van der Waals surface area (Å²) in [6.45, 7) is 0.563. The number of hydrogen-bond acceptors (Lipinski definition) is 5. The van der Waals surface area contributed by atoms with Gasteiger partial charge in [0.25, 0.3) is 5.91 Å². The number of carbonyl (C=O) groups excluding carboxylic acids is 2. The zero-order chi connectivity index (χ0) is 21.0. The number of nitrogens with one attached hydrogen (secondary N) is 1. The normalized spacial score (nSPS) is 12.8. The Labute approximate surface area is 164 Å². The Hall–Kier alpha value is -3.43. The minimum atomic E-state index is -4.79. The van der Waals surface area contributed by atoms with Crippen LogP contribution in [-0.4, -0.2) is 49.9 Å². The monoisotopic (exact) mass is 410 g/mol. The number of rotatable bonds is 5. The summed E-state index contributed by atoms with van der Waals surface area (Å²) in [4.78, 5) is 25.9. The molecule has 0 saturated heterocycles. The molecule has 0 atom stereocenters. The van der Waals surface area contributed by atoms with Gasteiger partial charge in [-0.2, -0.15) is 0 Å². The van der Waals surface area contributed by atoms with E-state index in [2.05, 4.69) is 10.1 Å². The van der Waals surface area contributed by atoms with Gasteiger partial charge in [0.2, 0.25) is 5.91 Å². The quantitative estimate of drug-likeness (QED) is 0.820. The number of alkyl halides is 3. The first-order chi connectivity index (χ1) is 13.7. The lowest BCUT2D eigenvalue weighted by Crippen LogP contribution is -2.35. The first kappa shape index (κ1) is 20.3. The number of ether oxygens (including phenoxy) is 3. The van der Waals surface area contributed by atoms with Gasteiger partial charge in [0.1, 0.15) is 19.0 Å². The molecular weight excluding hydrogens is 393 g/mol. The SMILES string of the molecule is CN(CC(=O)Nc1ccc(OC(F)(F)F)cc1)C(=O)c1ccc2c(c1)OCCO2. The van der Waals surface area contributed by atoms with Gasteiger partial charge < -0.3 is 24.4 Å². The largest absolute Gasteiger partial charge is 0.573 e. The lowest BCUT2D eigenvalue weighted by molar-refractivity contribution is -0.274. The fourth-order valence-corrected chi connectivity index (χ4v) is 2.62. The van der Waals surface area contributed by atoms with Crippen LogP contribution in [0.3, 0.4) is 0 Å². The van der Waals surface area contributed by atoms with E-state index in [1.165, 1.54) is 24.1 Å². The number of benzene rings is 2. The Morgan fingerprint density at radius 1 is 1.07 bits per heavy atom. The molecule has 1 heterocycles. The fourth-order valence-electron chi connectivity index (χ4n) is 2.62. The Morgan fingerprint density at radius 3 is 2.38 bits per heavy atom. The standard InChI is InChI=1S/C19H17F3N2O5/c1-24(18(26)12-2-7-15-16(10-12)28-9-8-27-15)11-17(25)23-13-3-5-14(6-4-13)29-19(20,21)22/h2-7,10H,8-9,11H2,1H3,(H,23,25). The van der Waals surface area contributed by atoms with Crippen LogP contribution in [0.15, 0.2) is 42.5 Å². The van der Waals surface area contributed by atoms with Crippen molar-refractivity contribution in [3.8, 4) is 17.2 Å². The van der Waals surface area contributed by atoms with Crippen molar-refractivity contribution in [1.82, 2.24) is 4.90 Å². The molecule has 0 aliphatic carbocycles. The molecule has 1 aliphatic rings. The molecule has 0 bridgehead atoms. The Morgan fingerprint density at radius 2 is 1.72 bits per heavy atom. The molecule has 29 heavy (non-hydrogen) atoms. The van der Waals surface area contributed by atoms with Crippen molar-refractivity contribution in [3.05, 3.63) is 48.0 Å². The van der Waals surface area contributed by atoms with Crippen molar-refractivity contribution in [3.63, 3.8) is 0 Å². The smallest absolute Gasteiger partial charge is 0.486 e. The van der Waals surface area contributed by atoms with Crippen LogP contribution >= 0.6 is 0 Å². The maximum Gasteiger partial charge on any atom is 0.573 e. The van der Waals surface area contributed by atoms with Gasteiger partial charge >= 0.3 is 6.36 Å². The summed E-state index contributed by atoms with van der Waals surface area (Å²) in [5.74, 6) is -0.303. The van der Waals surface area contributed by atoms with E-state index in [1.54, 1.807) is 18.2 Å². The van der Waals surface area contributed by atoms with Gasteiger partial charge in [0, 0.05) is 18.3 Å². The number of fused-ring (bicyclic) bond motifs is 1. The molecule has 154 valence electrons. The second-order valence-electron chi connectivity index (χ2n) is 6.14. The molecule has 7 nitrogen and oxygen atoms in total. The van der Waals surface area contributed by atoms with Gasteiger partial charge in [-0.05, 0) is 42.5 Å². The summed E-state index contributed by atoms with van der Waals surface area (Å²) in [7, 11) is 1.46. The Bertz CT molecular complexity index is 900. The second kappa shape index (κ2) is 8.29. The van der Waals surface area contributed by atoms with Crippen LogP contribution in [0.2, 0.25) is 0 Å². The molecule has 0 unspecified atom stereocenters. The van der Waals surface area contributed by atoms with E-state index < -0.39 is 23.9 Å². The summed E-state index contributed by atoms with van der Waals surface area (Å²) in [5, 5.41) is 2.50. The molecule has 10 heteroatoms. The third kappa shape index (κ3) is 5.53. The number of likely N-dealkylation sites (N-methyl/N-ethyl adjacent to an activating group) is 1. The second-order valence-corrected chi connectivity index (χ2v) is 6.14. The highest BCUT2D eigenvalue weighted by atomic mass is 19.4. The zero-order valence-corrected chi connectivity index (χ0v) is 15.3. The molecule has 0 radical (unpaired) electrons. The maximum atomic E-state index is 12.5. The van der Waals surface area contributed by atoms with Gasteiger partial charge in [0.15, 0.2) is 11.5 Å². The molecule has 2 aromatic carbocycles. The van der Waals surface area contributed by atoms with Gasteiger partial charge in [-0.15, -0.1) is 13.2 Å². The predicted octanol–water partition coefficient (Wildman–Crippen LogP) is 3.07. The lowest BCUT2D eigenvalue weighted by atomic mass is 10.1. The first-order valence-corrected chi connectivity index (χ1v) is 8.52. The van der Waals surface area contributed by atoms with Crippen molar-refractivity contribution < 1.29 is 37.0 Å². The summed E-state index contributed by atoms with van der Waals surface area (Å²) < 4.78 is 51.1. The van der Waals surface area contributed by atoms with Crippen LogP contribution < -0.4 is 19.5 Å². The van der Waals surface area contributed by atoms with Crippen LogP contribution in [0.1, 0.15) is 10.4 Å². The van der Waals surface area contributed by atoms with Crippen LogP contribution in [0.4, 0.5) is 18.9 Å². The Kier molecular flexibility index (Phi) is 5.81. The molecule has 0 saturated carbocycles. The van der Waals surface area contributed by atoms with Crippen LogP contribution in [0, 0.1) is 0 Å². The number of halogens is 3. The van der Waals surface area contributed by atoms with E-state index in [9.17, 15) is 22.8 Å². The number of amides is 2. The van der Waals surface area contributed by atoms with Crippen molar-refractivity contribution in [2.24, 2.45) is 0 Å². The van der Waals surface area contributed by atoms with Crippen molar-refractivity contribution in [1.29, 1.82) is 0 Å². The van der Waals surface area contributed by atoms with Crippen LogP contribution in [0.5, 0.6) is 17.2 Å². The molecule has 0 aromatic heterocycles. The van der Waals surface area contributed by atoms with E-state index in [-0.39, 0.29) is 12.2 Å². The minimum absolute atomic E-state index is 0.256. The van der Waals surface area contributed by atoms with E-state index in [0.29, 0.717) is 30.3 Å². The average Bonchev–Trinajstić information content (AvgIpc) is 2.67. The summed E-state index contributed by atoms with van der Waals surface area (Å²) >= 11 is 0. The molecule has 1 aliphatic heterocycles. The van der Waals surface area contributed by atoms with E-state index in [0.717, 1.165) is 12.1 Å². The molecule has 0 spiro atoms. The minimum Gasteiger partial charge on any atom is -0.486 e. The zero-order valence-electron chi connectivity index (χ0n) is 15.3. The number of carbonyl (C=O) groups is 2. The molecule has 3 rings (SSSR count). The molecule has 2 amide bonds. The maximum absolute atomic E-state index is 12.5. The van der Waals surface area contributed by atoms with Gasteiger partial charge in [-0.25, -0.2) is 0 Å². The van der Waals surface area contributed by atoms with E-state index in [4.69, 9.17) is 9.47 Å². The Balaban J connectivity index is 1.56.